The maximum Gasteiger partial charge on any atom is 0.275 e. The van der Waals surface area contributed by atoms with Crippen LogP contribution in [0.1, 0.15) is 32.8 Å². The van der Waals surface area contributed by atoms with Gasteiger partial charge in [0.05, 0.1) is 45.8 Å². The van der Waals surface area contributed by atoms with Gasteiger partial charge in [-0.25, -0.2) is 0 Å². The van der Waals surface area contributed by atoms with Crippen molar-refractivity contribution in [2.75, 3.05) is 52.9 Å². The Morgan fingerprint density at radius 3 is 2.42 bits per heavy atom. The van der Waals surface area contributed by atoms with Crippen molar-refractivity contribution >= 4 is 17.7 Å². The summed E-state index contributed by atoms with van der Waals surface area (Å²) in [6, 6.07) is 7.67. The van der Waals surface area contributed by atoms with Crippen LogP contribution in [0.3, 0.4) is 0 Å². The van der Waals surface area contributed by atoms with Crippen LogP contribution in [0.25, 0.3) is 0 Å². The molecule has 3 amide bonds. The van der Waals surface area contributed by atoms with E-state index in [2.05, 4.69) is 5.32 Å². The lowest BCUT2D eigenvalue weighted by Crippen LogP contribution is -3.16. The van der Waals surface area contributed by atoms with Crippen LogP contribution in [0.4, 0.5) is 0 Å². The summed E-state index contributed by atoms with van der Waals surface area (Å²) >= 11 is 0. The van der Waals surface area contributed by atoms with E-state index in [0.29, 0.717) is 19.6 Å². The van der Waals surface area contributed by atoms with Gasteiger partial charge in [0, 0.05) is 12.6 Å². The smallest absolute Gasteiger partial charge is 0.275 e. The second kappa shape index (κ2) is 11.1. The highest BCUT2D eigenvalue weighted by atomic mass is 16.5. The van der Waals surface area contributed by atoms with Gasteiger partial charge in [-0.05, 0) is 39.3 Å². The Balaban J connectivity index is 1.68. The van der Waals surface area contributed by atoms with Crippen LogP contribution in [0.15, 0.2) is 24.3 Å². The van der Waals surface area contributed by atoms with Gasteiger partial charge in [0.2, 0.25) is 11.8 Å². The highest BCUT2D eigenvalue weighted by Gasteiger charge is 2.27. The summed E-state index contributed by atoms with van der Waals surface area (Å²) in [5.41, 5.74) is 0.784. The SMILES string of the molecule is Cc1ccccc1OCCC(=O)N(C)CC(=O)N1CC[NH+](CC(=O)NC(C)(C)C)CC1. The molecule has 0 spiro atoms. The molecule has 1 aliphatic rings. The molecule has 1 aromatic carbocycles. The number of ether oxygens (including phenoxy) is 1. The standard InChI is InChI=1S/C23H36N4O4/c1-18-8-6-7-9-19(18)31-15-10-21(29)25(5)17-22(30)27-13-11-26(12-14-27)16-20(28)24-23(2,3)4/h6-9H,10-17H2,1-5H3,(H,24,28)/p+1. The van der Waals surface area contributed by atoms with Crippen LogP contribution in [0.2, 0.25) is 0 Å². The van der Waals surface area contributed by atoms with Gasteiger partial charge in [0.25, 0.3) is 5.91 Å². The van der Waals surface area contributed by atoms with Gasteiger partial charge in [-0.2, -0.15) is 0 Å². The van der Waals surface area contributed by atoms with E-state index in [1.165, 1.54) is 9.80 Å². The highest BCUT2D eigenvalue weighted by Crippen LogP contribution is 2.16. The summed E-state index contributed by atoms with van der Waals surface area (Å²) < 4.78 is 5.67. The molecule has 8 heteroatoms. The van der Waals surface area contributed by atoms with Gasteiger partial charge in [-0.15, -0.1) is 0 Å². The monoisotopic (exact) mass is 433 g/mol. The van der Waals surface area contributed by atoms with Gasteiger partial charge in [-0.1, -0.05) is 18.2 Å². The van der Waals surface area contributed by atoms with Crippen LogP contribution < -0.4 is 15.0 Å². The fraction of sp³-hybridized carbons (Fsp3) is 0.609. The molecule has 2 N–H and O–H groups in total. The minimum Gasteiger partial charge on any atom is -0.493 e. The number of benzene rings is 1. The molecule has 0 unspecified atom stereocenters. The first-order valence-electron chi connectivity index (χ1n) is 10.9. The Kier molecular flexibility index (Phi) is 8.86. The van der Waals surface area contributed by atoms with Crippen molar-refractivity contribution in [3.63, 3.8) is 0 Å². The third-order valence-electron chi connectivity index (χ3n) is 5.21. The summed E-state index contributed by atoms with van der Waals surface area (Å²) in [6.07, 6.45) is 0.221. The van der Waals surface area contributed by atoms with Crippen LogP contribution >= 0.6 is 0 Å². The van der Waals surface area contributed by atoms with E-state index >= 15 is 0 Å². The van der Waals surface area contributed by atoms with Crippen LogP contribution in [0, 0.1) is 6.92 Å². The highest BCUT2D eigenvalue weighted by molar-refractivity contribution is 5.84. The number of nitrogens with one attached hydrogen (secondary N) is 2. The molecular formula is C23H37N4O4+. The average molecular weight is 434 g/mol. The van der Waals surface area contributed by atoms with E-state index in [9.17, 15) is 14.4 Å². The molecule has 31 heavy (non-hydrogen) atoms. The fourth-order valence-electron chi connectivity index (χ4n) is 3.49. The lowest BCUT2D eigenvalue weighted by molar-refractivity contribution is -0.896. The van der Waals surface area contributed by atoms with E-state index < -0.39 is 0 Å². The number of para-hydroxylation sites is 1. The minimum absolute atomic E-state index is 0.0283. The molecule has 1 fully saturated rings. The van der Waals surface area contributed by atoms with Crippen molar-refractivity contribution in [1.29, 1.82) is 0 Å². The topological polar surface area (TPSA) is 83.4 Å². The minimum atomic E-state index is -0.240. The Labute approximate surface area is 185 Å². The molecule has 0 aliphatic carbocycles. The zero-order valence-electron chi connectivity index (χ0n) is 19.5. The van der Waals surface area contributed by atoms with Gasteiger partial charge < -0.3 is 24.8 Å². The van der Waals surface area contributed by atoms with Gasteiger partial charge in [0.15, 0.2) is 6.54 Å². The molecule has 172 valence electrons. The van der Waals surface area contributed by atoms with E-state index in [1.807, 2.05) is 52.0 Å². The quantitative estimate of drug-likeness (QED) is 0.598. The maximum atomic E-state index is 12.6. The number of quaternary nitrogens is 1. The summed E-state index contributed by atoms with van der Waals surface area (Å²) in [4.78, 5) is 41.4. The number of carbonyl (C=O) groups is 3. The van der Waals surface area contributed by atoms with Gasteiger partial charge in [0.1, 0.15) is 5.75 Å². The first-order valence-corrected chi connectivity index (χ1v) is 10.9. The molecular weight excluding hydrogens is 396 g/mol. The Morgan fingerprint density at radius 2 is 1.81 bits per heavy atom. The number of amides is 3. The van der Waals surface area contributed by atoms with Crippen molar-refractivity contribution in [2.45, 2.75) is 39.7 Å². The third kappa shape index (κ3) is 8.57. The number of hydrogen-bond donors (Lipinski definition) is 2. The first kappa shape index (κ1) is 24.7. The molecule has 0 radical (unpaired) electrons. The normalized spacial score (nSPS) is 14.8. The lowest BCUT2D eigenvalue weighted by atomic mass is 10.1. The molecule has 0 bridgehead atoms. The van der Waals surface area contributed by atoms with Crippen molar-refractivity contribution in [3.05, 3.63) is 29.8 Å². The first-order chi connectivity index (χ1) is 14.5. The summed E-state index contributed by atoms with van der Waals surface area (Å²) in [5.74, 6) is 0.616. The van der Waals surface area contributed by atoms with Gasteiger partial charge in [-0.3, -0.25) is 14.4 Å². The third-order valence-corrected chi connectivity index (χ3v) is 5.21. The van der Waals surface area contributed by atoms with Gasteiger partial charge >= 0.3 is 0 Å². The molecule has 1 heterocycles. The van der Waals surface area contributed by atoms with Crippen molar-refractivity contribution in [1.82, 2.24) is 15.1 Å². The Bertz CT molecular complexity index is 767. The lowest BCUT2D eigenvalue weighted by Gasteiger charge is -2.33. The number of aryl methyl sites for hydroxylation is 1. The van der Waals surface area contributed by atoms with E-state index in [0.717, 1.165) is 24.4 Å². The summed E-state index contributed by atoms with van der Waals surface area (Å²) in [7, 11) is 1.65. The molecule has 0 atom stereocenters. The predicted molar refractivity (Wildman–Crippen MR) is 119 cm³/mol. The molecule has 1 aliphatic heterocycles. The Morgan fingerprint density at radius 1 is 1.16 bits per heavy atom. The van der Waals surface area contributed by atoms with Crippen LogP contribution in [-0.2, 0) is 14.4 Å². The van der Waals surface area contributed by atoms with E-state index in [4.69, 9.17) is 4.74 Å². The van der Waals surface area contributed by atoms with E-state index in [1.54, 1.807) is 11.9 Å². The fourth-order valence-corrected chi connectivity index (χ4v) is 3.49. The molecule has 0 aromatic heterocycles. The van der Waals surface area contributed by atoms with Crippen molar-refractivity contribution < 1.29 is 24.0 Å². The zero-order valence-corrected chi connectivity index (χ0v) is 19.5. The number of carbonyl (C=O) groups excluding carboxylic acids is 3. The summed E-state index contributed by atoms with van der Waals surface area (Å²) in [5, 5.41) is 2.97. The van der Waals surface area contributed by atoms with Crippen LogP contribution in [0.5, 0.6) is 5.75 Å². The molecule has 1 saturated heterocycles. The van der Waals surface area contributed by atoms with E-state index in [-0.39, 0.29) is 42.8 Å². The van der Waals surface area contributed by atoms with Crippen molar-refractivity contribution in [2.24, 2.45) is 0 Å². The number of rotatable bonds is 8. The molecule has 2 rings (SSSR count). The number of hydrogen-bond acceptors (Lipinski definition) is 4. The largest absolute Gasteiger partial charge is 0.493 e. The predicted octanol–water partition coefficient (Wildman–Crippen LogP) is -0.136. The molecule has 1 aromatic rings. The molecule has 8 nitrogen and oxygen atoms in total. The second-order valence-electron chi connectivity index (χ2n) is 9.22. The second-order valence-corrected chi connectivity index (χ2v) is 9.22. The number of nitrogens with zero attached hydrogens (tertiary/aromatic N) is 2. The Hall–Kier alpha value is -2.61. The zero-order chi connectivity index (χ0) is 23.0. The maximum absolute atomic E-state index is 12.6. The summed E-state index contributed by atoms with van der Waals surface area (Å²) in [6.45, 7) is 11.2. The molecule has 0 saturated carbocycles. The number of piperazine rings is 1. The number of likely N-dealkylation sites (N-methyl/N-ethyl adjacent to an activating group) is 1. The average Bonchev–Trinajstić information content (AvgIpc) is 2.68. The van der Waals surface area contributed by atoms with Crippen LogP contribution in [-0.4, -0.2) is 86.0 Å². The van der Waals surface area contributed by atoms with Crippen molar-refractivity contribution in [3.8, 4) is 5.75 Å².